The maximum Gasteiger partial charge on any atom is 0.303 e. The summed E-state index contributed by atoms with van der Waals surface area (Å²) in [4.78, 5) is 10.6. The monoisotopic (exact) mass is 285 g/mol. The first-order valence-corrected chi connectivity index (χ1v) is 7.66. The predicted molar refractivity (Wildman–Crippen MR) is 72.5 cm³/mol. The third-order valence-electron chi connectivity index (χ3n) is 2.83. The Hall–Kier alpha value is -1.40. The molecular weight excluding hydrogens is 266 g/mol. The average molecular weight is 285 g/mol. The van der Waals surface area contributed by atoms with E-state index in [4.69, 9.17) is 5.11 Å². The Morgan fingerprint density at radius 1 is 1.32 bits per heavy atom. The standard InChI is InChI=1S/C13H19NO4S/c1-3-10(2)14-19(17,18)12-7-4-11(5-8-12)6-9-13(15)16/h4-5,7-8,10,14H,3,6,9H2,1-2H3,(H,15,16). The Kier molecular flexibility index (Phi) is 5.50. The Morgan fingerprint density at radius 3 is 2.37 bits per heavy atom. The lowest BCUT2D eigenvalue weighted by atomic mass is 10.1. The van der Waals surface area contributed by atoms with E-state index in [2.05, 4.69) is 4.72 Å². The zero-order valence-electron chi connectivity index (χ0n) is 11.1. The molecule has 1 unspecified atom stereocenters. The highest BCUT2D eigenvalue weighted by Gasteiger charge is 2.16. The molecule has 5 nitrogen and oxygen atoms in total. The van der Waals surface area contributed by atoms with E-state index in [1.807, 2.05) is 6.92 Å². The SMILES string of the molecule is CCC(C)NS(=O)(=O)c1ccc(CCC(=O)O)cc1. The van der Waals surface area contributed by atoms with Gasteiger partial charge in [-0.3, -0.25) is 4.79 Å². The lowest BCUT2D eigenvalue weighted by Gasteiger charge is -2.12. The Labute approximate surface area is 113 Å². The number of aryl methyl sites for hydroxylation is 1. The molecule has 0 spiro atoms. The number of benzene rings is 1. The molecule has 0 aliphatic heterocycles. The molecule has 1 atom stereocenters. The maximum atomic E-state index is 12.0. The van der Waals surface area contributed by atoms with E-state index in [9.17, 15) is 13.2 Å². The number of sulfonamides is 1. The van der Waals surface area contributed by atoms with Crippen LogP contribution in [0, 0.1) is 0 Å². The van der Waals surface area contributed by atoms with Gasteiger partial charge >= 0.3 is 5.97 Å². The van der Waals surface area contributed by atoms with E-state index >= 15 is 0 Å². The van der Waals surface area contributed by atoms with Crippen LogP contribution >= 0.6 is 0 Å². The van der Waals surface area contributed by atoms with Crippen LogP contribution in [0.15, 0.2) is 29.2 Å². The molecule has 106 valence electrons. The smallest absolute Gasteiger partial charge is 0.303 e. The van der Waals surface area contributed by atoms with Crippen LogP contribution in [-0.2, 0) is 21.2 Å². The summed E-state index contributed by atoms with van der Waals surface area (Å²) in [5.74, 6) is -0.866. The van der Waals surface area contributed by atoms with Gasteiger partial charge in [-0.2, -0.15) is 0 Å². The van der Waals surface area contributed by atoms with Gasteiger partial charge in [0.25, 0.3) is 0 Å². The topological polar surface area (TPSA) is 83.5 Å². The lowest BCUT2D eigenvalue weighted by molar-refractivity contribution is -0.136. The third-order valence-corrected chi connectivity index (χ3v) is 4.44. The van der Waals surface area contributed by atoms with Crippen molar-refractivity contribution >= 4 is 16.0 Å². The van der Waals surface area contributed by atoms with Crippen molar-refractivity contribution in [1.29, 1.82) is 0 Å². The molecule has 0 saturated heterocycles. The number of nitrogens with one attached hydrogen (secondary N) is 1. The van der Waals surface area contributed by atoms with Crippen LogP contribution in [-0.4, -0.2) is 25.5 Å². The maximum absolute atomic E-state index is 12.0. The Balaban J connectivity index is 2.77. The Morgan fingerprint density at radius 2 is 1.89 bits per heavy atom. The number of carboxylic acid groups (broad SMARTS) is 1. The number of carbonyl (C=O) groups is 1. The van der Waals surface area contributed by atoms with E-state index in [0.29, 0.717) is 6.42 Å². The molecule has 0 aliphatic carbocycles. The summed E-state index contributed by atoms with van der Waals surface area (Å²) in [6.07, 6.45) is 1.15. The molecule has 0 heterocycles. The molecule has 0 aliphatic rings. The summed E-state index contributed by atoms with van der Waals surface area (Å²) in [7, 11) is -3.49. The molecule has 19 heavy (non-hydrogen) atoms. The van der Waals surface area contributed by atoms with Crippen molar-refractivity contribution in [2.45, 2.75) is 44.0 Å². The van der Waals surface area contributed by atoms with E-state index < -0.39 is 16.0 Å². The first-order valence-electron chi connectivity index (χ1n) is 6.18. The van der Waals surface area contributed by atoms with Crippen LogP contribution in [0.4, 0.5) is 0 Å². The fourth-order valence-corrected chi connectivity index (χ4v) is 2.83. The average Bonchev–Trinajstić information content (AvgIpc) is 2.36. The number of hydrogen-bond acceptors (Lipinski definition) is 3. The highest BCUT2D eigenvalue weighted by molar-refractivity contribution is 7.89. The van der Waals surface area contributed by atoms with E-state index in [-0.39, 0.29) is 17.4 Å². The van der Waals surface area contributed by atoms with E-state index in [0.717, 1.165) is 12.0 Å². The summed E-state index contributed by atoms with van der Waals surface area (Å²) >= 11 is 0. The molecule has 0 aromatic heterocycles. The lowest BCUT2D eigenvalue weighted by Crippen LogP contribution is -2.31. The summed E-state index contributed by atoms with van der Waals surface area (Å²) in [6, 6.07) is 6.18. The summed E-state index contributed by atoms with van der Waals surface area (Å²) in [5.41, 5.74) is 0.810. The number of aliphatic carboxylic acids is 1. The number of rotatable bonds is 7. The Bertz CT molecular complexity index is 522. The van der Waals surface area contributed by atoms with Crippen LogP contribution in [0.25, 0.3) is 0 Å². The second-order valence-corrected chi connectivity index (χ2v) is 6.18. The van der Waals surface area contributed by atoms with Crippen molar-refractivity contribution < 1.29 is 18.3 Å². The second kappa shape index (κ2) is 6.68. The minimum atomic E-state index is -3.49. The summed E-state index contributed by atoms with van der Waals surface area (Å²) in [6.45, 7) is 3.71. The predicted octanol–water partition coefficient (Wildman–Crippen LogP) is 1.78. The fourth-order valence-electron chi connectivity index (χ4n) is 1.50. The minimum absolute atomic E-state index is 0.0389. The van der Waals surface area contributed by atoms with Crippen molar-refractivity contribution in [2.24, 2.45) is 0 Å². The largest absolute Gasteiger partial charge is 0.481 e. The third kappa shape index (κ3) is 5.00. The van der Waals surface area contributed by atoms with Gasteiger partial charge in [0.1, 0.15) is 0 Å². The quantitative estimate of drug-likeness (QED) is 0.800. The van der Waals surface area contributed by atoms with E-state index in [1.165, 1.54) is 12.1 Å². The molecule has 2 N–H and O–H groups in total. The van der Waals surface area contributed by atoms with Gasteiger partial charge in [-0.15, -0.1) is 0 Å². The van der Waals surface area contributed by atoms with Gasteiger partial charge in [-0.25, -0.2) is 13.1 Å². The highest BCUT2D eigenvalue weighted by atomic mass is 32.2. The summed E-state index contributed by atoms with van der Waals surface area (Å²) < 4.78 is 26.5. The molecule has 0 fully saturated rings. The van der Waals surface area contributed by atoms with Gasteiger partial charge in [0, 0.05) is 12.5 Å². The normalized spacial score (nSPS) is 13.2. The van der Waals surface area contributed by atoms with Crippen LogP contribution < -0.4 is 4.72 Å². The first kappa shape index (κ1) is 15.7. The van der Waals surface area contributed by atoms with Crippen molar-refractivity contribution in [1.82, 2.24) is 4.72 Å². The van der Waals surface area contributed by atoms with Gasteiger partial charge in [-0.1, -0.05) is 19.1 Å². The van der Waals surface area contributed by atoms with E-state index in [1.54, 1.807) is 19.1 Å². The number of carboxylic acids is 1. The van der Waals surface area contributed by atoms with Crippen molar-refractivity contribution in [3.05, 3.63) is 29.8 Å². The van der Waals surface area contributed by atoms with Gasteiger partial charge < -0.3 is 5.11 Å². The van der Waals surface area contributed by atoms with Crippen LogP contribution in [0.2, 0.25) is 0 Å². The van der Waals surface area contributed by atoms with Gasteiger partial charge in [0.15, 0.2) is 0 Å². The van der Waals surface area contributed by atoms with Gasteiger partial charge in [0.05, 0.1) is 4.90 Å². The molecule has 0 bridgehead atoms. The molecule has 1 aromatic carbocycles. The van der Waals surface area contributed by atoms with Crippen molar-refractivity contribution in [3.63, 3.8) is 0 Å². The fraction of sp³-hybridized carbons (Fsp3) is 0.462. The van der Waals surface area contributed by atoms with Gasteiger partial charge in [-0.05, 0) is 37.5 Å². The molecule has 6 heteroatoms. The highest BCUT2D eigenvalue weighted by Crippen LogP contribution is 2.12. The zero-order chi connectivity index (χ0) is 14.5. The molecule has 0 amide bonds. The van der Waals surface area contributed by atoms with Gasteiger partial charge in [0.2, 0.25) is 10.0 Å². The molecule has 0 radical (unpaired) electrons. The first-order chi connectivity index (χ1) is 8.85. The van der Waals surface area contributed by atoms with Crippen LogP contribution in [0.3, 0.4) is 0 Å². The number of hydrogen-bond donors (Lipinski definition) is 2. The zero-order valence-corrected chi connectivity index (χ0v) is 11.9. The molecular formula is C13H19NO4S. The van der Waals surface area contributed by atoms with Crippen LogP contribution in [0.1, 0.15) is 32.3 Å². The van der Waals surface area contributed by atoms with Crippen molar-refractivity contribution in [3.8, 4) is 0 Å². The molecule has 0 saturated carbocycles. The molecule has 1 aromatic rings. The molecule has 1 rings (SSSR count). The second-order valence-electron chi connectivity index (χ2n) is 4.47. The van der Waals surface area contributed by atoms with Crippen molar-refractivity contribution in [2.75, 3.05) is 0 Å². The minimum Gasteiger partial charge on any atom is -0.481 e. The van der Waals surface area contributed by atoms with Crippen LogP contribution in [0.5, 0.6) is 0 Å². The summed E-state index contributed by atoms with van der Waals surface area (Å²) in [5, 5.41) is 8.58.